The summed E-state index contributed by atoms with van der Waals surface area (Å²) >= 11 is 4.05. The molecular weight excluding hydrogens is 433 g/mol. The zero-order chi connectivity index (χ0) is 16.5. The van der Waals surface area contributed by atoms with Crippen molar-refractivity contribution in [2.24, 2.45) is 5.92 Å². The summed E-state index contributed by atoms with van der Waals surface area (Å²) in [6, 6.07) is 12.0. The predicted octanol–water partition coefficient (Wildman–Crippen LogP) is 4.00. The van der Waals surface area contributed by atoms with E-state index in [1.165, 1.54) is 4.88 Å². The summed E-state index contributed by atoms with van der Waals surface area (Å²) in [6.07, 6.45) is 3.57. The fraction of sp³-hybridized carbons (Fsp3) is 0.222. The van der Waals surface area contributed by atoms with Crippen LogP contribution in [-0.2, 0) is 4.79 Å². The van der Waals surface area contributed by atoms with E-state index in [1.807, 2.05) is 36.5 Å². The van der Waals surface area contributed by atoms with E-state index in [2.05, 4.69) is 49.7 Å². The molecule has 1 fully saturated rings. The monoisotopic (exact) mass is 449 g/mol. The fourth-order valence-corrected chi connectivity index (χ4v) is 5.20. The van der Waals surface area contributed by atoms with Gasteiger partial charge in [0.15, 0.2) is 0 Å². The highest BCUT2D eigenvalue weighted by Gasteiger charge is 2.40. The number of anilines is 1. The molecule has 1 aliphatic heterocycles. The molecule has 0 aliphatic carbocycles. The number of nitrogens with zero attached hydrogens (tertiary/aromatic N) is 1. The Balaban J connectivity index is 1.63. The third-order valence-electron chi connectivity index (χ3n) is 4.43. The van der Waals surface area contributed by atoms with Crippen molar-refractivity contribution in [2.75, 3.05) is 11.9 Å². The largest absolute Gasteiger partial charge is 0.325 e. The minimum Gasteiger partial charge on any atom is -0.325 e. The molecule has 1 unspecified atom stereocenters. The summed E-state index contributed by atoms with van der Waals surface area (Å²) in [6.45, 7) is 0.839. The average molecular weight is 449 g/mol. The van der Waals surface area contributed by atoms with E-state index in [1.54, 1.807) is 17.5 Å². The van der Waals surface area contributed by atoms with Crippen LogP contribution in [0.1, 0.15) is 10.8 Å². The Morgan fingerprint density at radius 3 is 3.04 bits per heavy atom. The summed E-state index contributed by atoms with van der Waals surface area (Å²) in [7, 11) is 0. The first-order valence-corrected chi connectivity index (χ1v) is 9.91. The minimum absolute atomic E-state index is 0.0714. The predicted molar refractivity (Wildman–Crippen MR) is 107 cm³/mol. The smallest absolute Gasteiger partial charge is 0.230 e. The second-order valence-corrected chi connectivity index (χ2v) is 8.17. The van der Waals surface area contributed by atoms with E-state index >= 15 is 0 Å². The molecule has 1 saturated heterocycles. The lowest BCUT2D eigenvalue weighted by atomic mass is 9.93. The summed E-state index contributed by atoms with van der Waals surface area (Å²) in [5.41, 5.74) is 0.848. The number of hydrogen-bond acceptors (Lipinski definition) is 4. The lowest BCUT2D eigenvalue weighted by Gasteiger charge is -2.20. The molecule has 0 spiro atoms. The maximum Gasteiger partial charge on any atom is 0.230 e. The van der Waals surface area contributed by atoms with Gasteiger partial charge in [0.2, 0.25) is 5.91 Å². The molecule has 24 heavy (non-hydrogen) atoms. The van der Waals surface area contributed by atoms with Crippen LogP contribution in [0.5, 0.6) is 0 Å². The molecule has 1 aliphatic rings. The van der Waals surface area contributed by atoms with E-state index in [0.717, 1.165) is 23.0 Å². The normalized spacial score (nSPS) is 23.5. The van der Waals surface area contributed by atoms with Gasteiger partial charge in [0.05, 0.1) is 9.97 Å². The number of pyridine rings is 1. The molecule has 122 valence electrons. The zero-order valence-electron chi connectivity index (χ0n) is 12.8. The summed E-state index contributed by atoms with van der Waals surface area (Å²) < 4.78 is 0.131. The number of carbonyl (C=O) groups excluding carboxylic acids is 1. The van der Waals surface area contributed by atoms with Crippen LogP contribution in [0.15, 0.2) is 54.2 Å². The number of aromatic nitrogens is 1. The van der Waals surface area contributed by atoms with Crippen molar-refractivity contribution in [1.29, 1.82) is 0 Å². The third-order valence-corrected chi connectivity index (χ3v) is 6.65. The van der Waals surface area contributed by atoms with E-state index in [9.17, 15) is 4.79 Å². The van der Waals surface area contributed by atoms with Crippen LogP contribution in [0.2, 0.25) is 0 Å². The van der Waals surface area contributed by atoms with Gasteiger partial charge in [0, 0.05) is 46.2 Å². The molecule has 0 radical (unpaired) electrons. The Kier molecular flexibility index (Phi) is 4.51. The van der Waals surface area contributed by atoms with Crippen LogP contribution in [0.4, 0.5) is 5.69 Å². The minimum atomic E-state index is -0.0821. The van der Waals surface area contributed by atoms with E-state index in [-0.39, 0.29) is 21.8 Å². The summed E-state index contributed by atoms with van der Waals surface area (Å²) in [5.74, 6) is 0.215. The van der Waals surface area contributed by atoms with Gasteiger partial charge in [-0.2, -0.15) is 0 Å². The number of rotatable bonds is 3. The Labute approximate surface area is 157 Å². The Hall–Kier alpha value is -1.51. The highest BCUT2D eigenvalue weighted by Crippen LogP contribution is 2.37. The van der Waals surface area contributed by atoms with Crippen molar-refractivity contribution in [3.63, 3.8) is 0 Å². The van der Waals surface area contributed by atoms with Gasteiger partial charge in [-0.3, -0.25) is 9.78 Å². The maximum atomic E-state index is 13.0. The summed E-state index contributed by atoms with van der Waals surface area (Å²) in [5, 5.41) is 10.7. The molecule has 4 nitrogen and oxygen atoms in total. The van der Waals surface area contributed by atoms with Crippen molar-refractivity contribution in [3.05, 3.63) is 59.0 Å². The fourth-order valence-electron chi connectivity index (χ4n) is 3.24. The van der Waals surface area contributed by atoms with Crippen molar-refractivity contribution >= 4 is 56.3 Å². The number of benzene rings is 1. The van der Waals surface area contributed by atoms with Gasteiger partial charge in [-0.25, -0.2) is 0 Å². The van der Waals surface area contributed by atoms with Gasteiger partial charge in [-0.05, 0) is 23.6 Å². The molecule has 3 atom stereocenters. The number of thiophene rings is 1. The molecule has 0 saturated carbocycles. The molecule has 4 rings (SSSR count). The average Bonchev–Trinajstić information content (AvgIpc) is 3.24. The Morgan fingerprint density at radius 2 is 2.21 bits per heavy atom. The highest BCUT2D eigenvalue weighted by atomic mass is 127. The molecule has 1 amide bonds. The lowest BCUT2D eigenvalue weighted by molar-refractivity contribution is -0.119. The maximum absolute atomic E-state index is 13.0. The van der Waals surface area contributed by atoms with Crippen LogP contribution < -0.4 is 10.6 Å². The standard InChI is InChI=1S/C18H16IN3OS/c19-17-16(13(10-21-17)15-5-2-8-24-15)18(23)22-14-4-1-3-11-9-20-7-6-12(11)14/h1-9,13,16-17,21H,10H2,(H,22,23)/t13-,16-,17?/m0/s1. The number of amides is 1. The molecule has 1 aromatic carbocycles. The van der Waals surface area contributed by atoms with E-state index in [0.29, 0.717) is 0 Å². The van der Waals surface area contributed by atoms with Gasteiger partial charge < -0.3 is 10.6 Å². The van der Waals surface area contributed by atoms with Gasteiger partial charge in [-0.1, -0.05) is 40.8 Å². The Bertz CT molecular complexity index is 862. The highest BCUT2D eigenvalue weighted by molar-refractivity contribution is 14.1. The number of hydrogen-bond donors (Lipinski definition) is 2. The number of alkyl halides is 1. The van der Waals surface area contributed by atoms with Crippen LogP contribution in [0.25, 0.3) is 10.8 Å². The molecule has 6 heteroatoms. The molecule has 0 bridgehead atoms. The molecule has 2 N–H and O–H groups in total. The number of halogens is 1. The Morgan fingerprint density at radius 1 is 1.29 bits per heavy atom. The van der Waals surface area contributed by atoms with Crippen LogP contribution >= 0.6 is 33.9 Å². The van der Waals surface area contributed by atoms with Crippen LogP contribution in [-0.4, -0.2) is 21.5 Å². The van der Waals surface area contributed by atoms with Crippen molar-refractivity contribution in [1.82, 2.24) is 10.3 Å². The van der Waals surface area contributed by atoms with Gasteiger partial charge in [0.25, 0.3) is 0 Å². The number of carbonyl (C=O) groups is 1. The van der Waals surface area contributed by atoms with Crippen LogP contribution in [0, 0.1) is 5.92 Å². The first-order chi connectivity index (χ1) is 11.7. The van der Waals surface area contributed by atoms with Crippen molar-refractivity contribution in [2.45, 2.75) is 9.97 Å². The SMILES string of the molecule is O=C(Nc1cccc2cnccc12)[C@@H]1C(I)NC[C@H]1c1cccs1. The quantitative estimate of drug-likeness (QED) is 0.361. The zero-order valence-corrected chi connectivity index (χ0v) is 15.8. The first kappa shape index (κ1) is 16.0. The molecule has 3 heterocycles. The molecule has 3 aromatic rings. The van der Waals surface area contributed by atoms with Gasteiger partial charge in [0.1, 0.15) is 0 Å². The number of nitrogens with one attached hydrogen (secondary N) is 2. The van der Waals surface area contributed by atoms with E-state index < -0.39 is 0 Å². The summed E-state index contributed by atoms with van der Waals surface area (Å²) in [4.78, 5) is 18.4. The second-order valence-electron chi connectivity index (χ2n) is 5.85. The van der Waals surface area contributed by atoms with E-state index in [4.69, 9.17) is 0 Å². The first-order valence-electron chi connectivity index (χ1n) is 7.78. The van der Waals surface area contributed by atoms with Crippen LogP contribution in [0.3, 0.4) is 0 Å². The second kappa shape index (κ2) is 6.78. The number of fused-ring (bicyclic) bond motifs is 1. The lowest BCUT2D eigenvalue weighted by Crippen LogP contribution is -2.32. The van der Waals surface area contributed by atoms with Crippen molar-refractivity contribution < 1.29 is 4.79 Å². The van der Waals surface area contributed by atoms with Gasteiger partial charge in [-0.15, -0.1) is 11.3 Å². The molecule has 2 aromatic heterocycles. The third kappa shape index (κ3) is 2.94. The molecular formula is C18H16IN3OS. The topological polar surface area (TPSA) is 54.0 Å². The van der Waals surface area contributed by atoms with Gasteiger partial charge >= 0.3 is 0 Å². The van der Waals surface area contributed by atoms with Crippen molar-refractivity contribution in [3.8, 4) is 0 Å².